The van der Waals surface area contributed by atoms with Crippen LogP contribution >= 0.6 is 0 Å². The second kappa shape index (κ2) is 7.89. The van der Waals surface area contributed by atoms with Crippen LogP contribution in [-0.2, 0) is 6.42 Å². The van der Waals surface area contributed by atoms with E-state index in [0.29, 0.717) is 24.6 Å². The van der Waals surface area contributed by atoms with Crippen LogP contribution in [0.1, 0.15) is 5.56 Å². The number of nitrogens with one attached hydrogen (secondary N) is 1. The van der Waals surface area contributed by atoms with Crippen molar-refractivity contribution < 1.29 is 22.3 Å². The highest BCUT2D eigenvalue weighted by atomic mass is 19.4. The first-order valence-electron chi connectivity index (χ1n) is 8.84. The lowest BCUT2D eigenvalue weighted by molar-refractivity contribution is -0.153. The Labute approximate surface area is 167 Å². The zero-order chi connectivity index (χ0) is 21.1. The number of hydrogen-bond donors (Lipinski definition) is 2. The lowest BCUT2D eigenvalue weighted by Crippen LogP contribution is -2.19. The summed E-state index contributed by atoms with van der Waals surface area (Å²) in [7, 11) is 0. The van der Waals surface area contributed by atoms with E-state index in [0.717, 1.165) is 5.56 Å². The maximum Gasteiger partial charge on any atom is 0.422 e. The number of furan rings is 1. The number of ether oxygens (including phenoxy) is 1. The summed E-state index contributed by atoms with van der Waals surface area (Å²) in [5.74, 6) is 1.64. The molecule has 9 nitrogen and oxygen atoms in total. The van der Waals surface area contributed by atoms with Gasteiger partial charge >= 0.3 is 6.18 Å². The molecule has 1 aromatic carbocycles. The SMILES string of the molecule is Nc1nc(NCCc2ccc(OCC(F)(F)F)cc2)nc2nc(-c3ccco3)nn12. The number of nitrogen functional groups attached to an aromatic ring is 1. The molecule has 0 aliphatic carbocycles. The molecule has 0 spiro atoms. The van der Waals surface area contributed by atoms with Gasteiger partial charge in [0.25, 0.3) is 5.78 Å². The van der Waals surface area contributed by atoms with Crippen LogP contribution in [0.5, 0.6) is 5.75 Å². The summed E-state index contributed by atoms with van der Waals surface area (Å²) in [6, 6.07) is 9.82. The molecule has 3 heterocycles. The van der Waals surface area contributed by atoms with Crippen LogP contribution in [0.25, 0.3) is 17.4 Å². The number of aromatic nitrogens is 5. The lowest BCUT2D eigenvalue weighted by Gasteiger charge is -2.10. The Morgan fingerprint density at radius 1 is 1.10 bits per heavy atom. The van der Waals surface area contributed by atoms with Crippen molar-refractivity contribution in [2.24, 2.45) is 0 Å². The number of benzene rings is 1. The molecule has 0 saturated carbocycles. The van der Waals surface area contributed by atoms with Gasteiger partial charge in [-0.1, -0.05) is 12.1 Å². The molecule has 0 saturated heterocycles. The van der Waals surface area contributed by atoms with Crippen molar-refractivity contribution in [3.63, 3.8) is 0 Å². The minimum absolute atomic E-state index is 0.110. The van der Waals surface area contributed by atoms with E-state index in [1.807, 2.05) is 0 Å². The monoisotopic (exact) mass is 419 g/mol. The number of rotatable bonds is 7. The molecule has 3 aromatic heterocycles. The van der Waals surface area contributed by atoms with Crippen LogP contribution in [0.15, 0.2) is 47.1 Å². The number of nitrogens with zero attached hydrogens (tertiary/aromatic N) is 5. The van der Waals surface area contributed by atoms with Gasteiger partial charge in [-0.2, -0.15) is 32.6 Å². The molecule has 0 amide bonds. The molecule has 0 aliphatic rings. The third-order valence-corrected chi connectivity index (χ3v) is 4.00. The quantitative estimate of drug-likeness (QED) is 0.470. The molecule has 30 heavy (non-hydrogen) atoms. The van der Waals surface area contributed by atoms with Gasteiger partial charge in [0.1, 0.15) is 5.75 Å². The largest absolute Gasteiger partial charge is 0.484 e. The topological polar surface area (TPSA) is 116 Å². The van der Waals surface area contributed by atoms with Crippen molar-refractivity contribution in [3.05, 3.63) is 48.2 Å². The summed E-state index contributed by atoms with van der Waals surface area (Å²) in [4.78, 5) is 12.7. The van der Waals surface area contributed by atoms with Gasteiger partial charge < -0.3 is 20.2 Å². The predicted molar refractivity (Wildman–Crippen MR) is 101 cm³/mol. The number of hydrogen-bond acceptors (Lipinski definition) is 8. The molecule has 0 atom stereocenters. The van der Waals surface area contributed by atoms with Gasteiger partial charge in [-0.25, -0.2) is 0 Å². The molecule has 156 valence electrons. The van der Waals surface area contributed by atoms with E-state index in [1.165, 1.54) is 22.9 Å². The van der Waals surface area contributed by atoms with Crippen molar-refractivity contribution in [2.45, 2.75) is 12.6 Å². The molecule has 0 fully saturated rings. The first-order valence-corrected chi connectivity index (χ1v) is 8.84. The Kier molecular flexibility index (Phi) is 5.12. The van der Waals surface area contributed by atoms with Crippen LogP contribution in [0.3, 0.4) is 0 Å². The molecular formula is C18H16F3N7O2. The maximum atomic E-state index is 12.2. The number of anilines is 2. The summed E-state index contributed by atoms with van der Waals surface area (Å²) in [5, 5.41) is 7.26. The molecule has 4 rings (SSSR count). The highest BCUT2D eigenvalue weighted by Gasteiger charge is 2.28. The van der Waals surface area contributed by atoms with E-state index >= 15 is 0 Å². The summed E-state index contributed by atoms with van der Waals surface area (Å²) < 4.78 is 47.8. The van der Waals surface area contributed by atoms with Crippen LogP contribution in [0.4, 0.5) is 25.1 Å². The first-order chi connectivity index (χ1) is 14.4. The Morgan fingerprint density at radius 3 is 2.60 bits per heavy atom. The van der Waals surface area contributed by atoms with Gasteiger partial charge in [0.05, 0.1) is 6.26 Å². The predicted octanol–water partition coefficient (Wildman–Crippen LogP) is 2.96. The lowest BCUT2D eigenvalue weighted by atomic mass is 10.1. The van der Waals surface area contributed by atoms with Crippen LogP contribution in [0, 0.1) is 0 Å². The third-order valence-electron chi connectivity index (χ3n) is 4.00. The van der Waals surface area contributed by atoms with Gasteiger partial charge in [-0.05, 0) is 36.2 Å². The summed E-state index contributed by atoms with van der Waals surface area (Å²) >= 11 is 0. The average Bonchev–Trinajstić information content (AvgIpc) is 3.36. The highest BCUT2D eigenvalue weighted by molar-refractivity contribution is 5.52. The maximum absolute atomic E-state index is 12.2. The van der Waals surface area contributed by atoms with Crippen molar-refractivity contribution in [1.82, 2.24) is 24.6 Å². The molecule has 4 aromatic rings. The van der Waals surface area contributed by atoms with E-state index in [1.54, 1.807) is 24.3 Å². The molecule has 3 N–H and O–H groups in total. The smallest absolute Gasteiger partial charge is 0.422 e. The first kappa shape index (κ1) is 19.5. The zero-order valence-corrected chi connectivity index (χ0v) is 15.4. The fraction of sp³-hybridized carbons (Fsp3) is 0.222. The number of halogens is 3. The van der Waals surface area contributed by atoms with Crippen LogP contribution in [-0.4, -0.2) is 43.9 Å². The van der Waals surface area contributed by atoms with E-state index in [2.05, 4.69) is 30.1 Å². The van der Waals surface area contributed by atoms with Crippen molar-refractivity contribution in [3.8, 4) is 17.3 Å². The minimum Gasteiger partial charge on any atom is -0.484 e. The minimum atomic E-state index is -4.37. The van der Waals surface area contributed by atoms with E-state index in [-0.39, 0.29) is 23.4 Å². The van der Waals surface area contributed by atoms with Gasteiger partial charge in [0.15, 0.2) is 12.4 Å². The number of nitrogens with two attached hydrogens (primary N) is 1. The number of alkyl halides is 3. The number of fused-ring (bicyclic) bond motifs is 1. The standard InChI is InChI=1S/C18H16F3N7O2/c19-18(20,21)10-30-12-5-3-11(4-6-12)7-8-23-16-25-15(22)28-17(26-16)24-14(27-28)13-2-1-9-29-13/h1-6,9H,7-8,10H2,(H3,22,23,24,25,26,27). The molecule has 0 radical (unpaired) electrons. The Balaban J connectivity index is 1.37. The van der Waals surface area contributed by atoms with E-state index in [4.69, 9.17) is 10.2 Å². The molecule has 0 bridgehead atoms. The molecule has 12 heteroatoms. The zero-order valence-electron chi connectivity index (χ0n) is 15.4. The molecular weight excluding hydrogens is 403 g/mol. The normalized spacial score (nSPS) is 11.7. The second-order valence-corrected chi connectivity index (χ2v) is 6.25. The second-order valence-electron chi connectivity index (χ2n) is 6.25. The Hall–Kier alpha value is -3.83. The van der Waals surface area contributed by atoms with Crippen molar-refractivity contribution >= 4 is 17.7 Å². The van der Waals surface area contributed by atoms with Crippen molar-refractivity contribution in [1.29, 1.82) is 0 Å². The third kappa shape index (κ3) is 4.59. The van der Waals surface area contributed by atoms with E-state index in [9.17, 15) is 13.2 Å². The fourth-order valence-electron chi connectivity index (χ4n) is 2.63. The fourth-order valence-corrected chi connectivity index (χ4v) is 2.63. The molecule has 0 unspecified atom stereocenters. The van der Waals surface area contributed by atoms with Gasteiger partial charge in [0.2, 0.25) is 17.7 Å². The highest BCUT2D eigenvalue weighted by Crippen LogP contribution is 2.20. The Morgan fingerprint density at radius 2 is 1.90 bits per heavy atom. The summed E-state index contributed by atoms with van der Waals surface area (Å²) in [6.07, 6.45) is -2.27. The molecule has 0 aliphatic heterocycles. The van der Waals surface area contributed by atoms with Gasteiger partial charge in [-0.15, -0.1) is 5.10 Å². The Bertz CT molecular complexity index is 1130. The van der Waals surface area contributed by atoms with Crippen LogP contribution in [0.2, 0.25) is 0 Å². The van der Waals surface area contributed by atoms with Gasteiger partial charge in [0, 0.05) is 6.54 Å². The van der Waals surface area contributed by atoms with Gasteiger partial charge in [-0.3, -0.25) is 0 Å². The summed E-state index contributed by atoms with van der Waals surface area (Å²) in [5.41, 5.74) is 6.83. The van der Waals surface area contributed by atoms with Crippen LogP contribution < -0.4 is 15.8 Å². The van der Waals surface area contributed by atoms with Crippen molar-refractivity contribution in [2.75, 3.05) is 24.2 Å². The average molecular weight is 419 g/mol. The van der Waals surface area contributed by atoms with E-state index < -0.39 is 12.8 Å². The summed E-state index contributed by atoms with van der Waals surface area (Å²) in [6.45, 7) is -0.850.